The Kier molecular flexibility index (Phi) is 8.74. The highest BCUT2D eigenvalue weighted by atomic mass is 35.5. The van der Waals surface area contributed by atoms with Crippen molar-refractivity contribution in [3.8, 4) is 0 Å². The number of anilines is 2. The monoisotopic (exact) mass is 416 g/mol. The van der Waals surface area contributed by atoms with Crippen LogP contribution in [0.2, 0.25) is 0 Å². The summed E-state index contributed by atoms with van der Waals surface area (Å²) in [6.45, 7) is 3.82. The molecule has 136 valence electrons. The van der Waals surface area contributed by atoms with Gasteiger partial charge in [-0.05, 0) is 37.2 Å². The van der Waals surface area contributed by atoms with E-state index in [-0.39, 0.29) is 12.4 Å². The van der Waals surface area contributed by atoms with E-state index < -0.39 is 0 Å². The molecule has 1 heterocycles. The van der Waals surface area contributed by atoms with Gasteiger partial charge in [0.1, 0.15) is 0 Å². The topological polar surface area (TPSA) is 6.48 Å². The quantitative estimate of drug-likeness (QED) is 0.495. The molecule has 0 aliphatic carbocycles. The Morgan fingerprint density at radius 2 is 1.32 bits per heavy atom. The number of nitrogens with zero attached hydrogens (tertiary/aromatic N) is 2. The van der Waals surface area contributed by atoms with E-state index >= 15 is 0 Å². The van der Waals surface area contributed by atoms with Gasteiger partial charge in [-0.1, -0.05) is 36.0 Å². The highest BCUT2D eigenvalue weighted by Crippen LogP contribution is 2.47. The molecule has 1 aliphatic rings. The summed E-state index contributed by atoms with van der Waals surface area (Å²) in [5.41, 5.74) is 2.62. The van der Waals surface area contributed by atoms with Crippen molar-refractivity contribution in [2.24, 2.45) is 0 Å². The van der Waals surface area contributed by atoms with Crippen LogP contribution in [0.25, 0.3) is 0 Å². The minimum absolute atomic E-state index is 0. The molecule has 3 rings (SSSR count). The summed E-state index contributed by atoms with van der Waals surface area (Å²) < 4.78 is 0. The first kappa shape index (κ1) is 20.7. The predicted octanol–water partition coefficient (Wildman–Crippen LogP) is 5.88. The van der Waals surface area contributed by atoms with Crippen LogP contribution in [0.15, 0.2) is 58.3 Å². The standard InChI is InChI=1S/C19H22Cl2N2S.ClH/c20-10-14-22(15-11-21)12-5-13-23-16-6-1-3-8-18(16)24-19-9-4-2-7-17(19)23;/h1-4,6-9H,5,10-15H2;1H. The number of halogens is 3. The minimum Gasteiger partial charge on any atom is -0.340 e. The van der Waals surface area contributed by atoms with E-state index in [2.05, 4.69) is 58.3 Å². The third kappa shape index (κ3) is 5.21. The van der Waals surface area contributed by atoms with Gasteiger partial charge in [-0.25, -0.2) is 0 Å². The second-order valence-corrected chi connectivity index (χ2v) is 7.60. The van der Waals surface area contributed by atoms with Crippen molar-refractivity contribution >= 4 is 58.7 Å². The van der Waals surface area contributed by atoms with E-state index in [4.69, 9.17) is 23.2 Å². The molecule has 2 nitrogen and oxygen atoms in total. The van der Waals surface area contributed by atoms with Gasteiger partial charge in [0.25, 0.3) is 0 Å². The highest BCUT2D eigenvalue weighted by molar-refractivity contribution is 7.99. The zero-order valence-corrected chi connectivity index (χ0v) is 17.2. The highest BCUT2D eigenvalue weighted by Gasteiger charge is 2.22. The fourth-order valence-corrected chi connectivity index (χ4v) is 4.62. The molecule has 2 aromatic rings. The van der Waals surface area contributed by atoms with Crippen LogP contribution in [0, 0.1) is 0 Å². The molecule has 0 amide bonds. The summed E-state index contributed by atoms with van der Waals surface area (Å²) in [6, 6.07) is 17.3. The number of hydrogen-bond acceptors (Lipinski definition) is 3. The van der Waals surface area contributed by atoms with Gasteiger partial charge in [0.05, 0.1) is 11.4 Å². The van der Waals surface area contributed by atoms with Crippen molar-refractivity contribution < 1.29 is 0 Å². The van der Waals surface area contributed by atoms with Gasteiger partial charge in [0.2, 0.25) is 0 Å². The maximum Gasteiger partial charge on any atom is 0.0552 e. The van der Waals surface area contributed by atoms with Gasteiger partial charge in [-0.3, -0.25) is 0 Å². The predicted molar refractivity (Wildman–Crippen MR) is 114 cm³/mol. The Bertz CT molecular complexity index is 617. The van der Waals surface area contributed by atoms with Crippen molar-refractivity contribution in [2.45, 2.75) is 16.2 Å². The molecule has 0 spiro atoms. The van der Waals surface area contributed by atoms with Crippen LogP contribution in [-0.4, -0.2) is 42.8 Å². The van der Waals surface area contributed by atoms with E-state index in [1.165, 1.54) is 21.2 Å². The van der Waals surface area contributed by atoms with Gasteiger partial charge in [-0.15, -0.1) is 35.6 Å². The summed E-state index contributed by atoms with van der Waals surface area (Å²) in [5, 5.41) is 0. The summed E-state index contributed by atoms with van der Waals surface area (Å²) >= 11 is 13.6. The number of rotatable bonds is 8. The number of alkyl halides is 2. The first-order valence-electron chi connectivity index (χ1n) is 8.31. The average Bonchev–Trinajstić information content (AvgIpc) is 2.61. The lowest BCUT2D eigenvalue weighted by molar-refractivity contribution is 0.305. The second kappa shape index (κ2) is 10.5. The van der Waals surface area contributed by atoms with E-state index in [0.29, 0.717) is 11.8 Å². The first-order chi connectivity index (χ1) is 11.8. The number of hydrogen-bond donors (Lipinski definition) is 0. The molecule has 0 atom stereocenters. The molecule has 2 aromatic carbocycles. The van der Waals surface area contributed by atoms with Crippen LogP contribution < -0.4 is 4.90 Å². The fourth-order valence-electron chi connectivity index (χ4n) is 3.05. The van der Waals surface area contributed by atoms with Gasteiger partial charge in [-0.2, -0.15) is 0 Å². The third-order valence-corrected chi connectivity index (χ3v) is 5.66. The molecule has 0 radical (unpaired) electrons. The van der Waals surface area contributed by atoms with Crippen molar-refractivity contribution in [1.82, 2.24) is 4.90 Å². The van der Waals surface area contributed by atoms with Gasteiger partial charge < -0.3 is 9.80 Å². The van der Waals surface area contributed by atoms with Crippen molar-refractivity contribution in [3.63, 3.8) is 0 Å². The lowest BCUT2D eigenvalue weighted by atomic mass is 10.2. The van der Waals surface area contributed by atoms with E-state index in [1.807, 2.05) is 11.8 Å². The Morgan fingerprint density at radius 1 is 0.800 bits per heavy atom. The van der Waals surface area contributed by atoms with E-state index in [9.17, 15) is 0 Å². The lowest BCUT2D eigenvalue weighted by Gasteiger charge is -2.33. The summed E-state index contributed by atoms with van der Waals surface area (Å²) in [7, 11) is 0. The van der Waals surface area contributed by atoms with Crippen molar-refractivity contribution in [2.75, 3.05) is 42.8 Å². The van der Waals surface area contributed by atoms with E-state index in [1.54, 1.807) is 0 Å². The van der Waals surface area contributed by atoms with Crippen molar-refractivity contribution in [3.05, 3.63) is 48.5 Å². The van der Waals surface area contributed by atoms with Gasteiger partial charge in [0.15, 0.2) is 0 Å². The maximum atomic E-state index is 5.90. The normalized spacial score (nSPS) is 12.5. The van der Waals surface area contributed by atoms with Crippen LogP contribution in [-0.2, 0) is 0 Å². The molecule has 6 heteroatoms. The fraction of sp³-hybridized carbons (Fsp3) is 0.368. The van der Waals surface area contributed by atoms with E-state index in [0.717, 1.165) is 32.6 Å². The molecule has 0 unspecified atom stereocenters. The van der Waals surface area contributed by atoms with Crippen LogP contribution in [0.3, 0.4) is 0 Å². The Morgan fingerprint density at radius 3 is 1.84 bits per heavy atom. The smallest absolute Gasteiger partial charge is 0.0552 e. The summed E-state index contributed by atoms with van der Waals surface area (Å²) in [4.78, 5) is 7.45. The third-order valence-electron chi connectivity index (χ3n) is 4.19. The molecule has 25 heavy (non-hydrogen) atoms. The Hall–Kier alpha value is -0.580. The number of fused-ring (bicyclic) bond motifs is 2. The molecular weight excluding hydrogens is 395 g/mol. The van der Waals surface area contributed by atoms with Crippen LogP contribution in [0.5, 0.6) is 0 Å². The molecule has 0 fully saturated rings. The maximum absolute atomic E-state index is 5.90. The summed E-state index contributed by atoms with van der Waals surface area (Å²) in [6.07, 6.45) is 1.08. The van der Waals surface area contributed by atoms with Crippen LogP contribution >= 0.6 is 47.4 Å². The molecule has 0 N–H and O–H groups in total. The average molecular weight is 418 g/mol. The zero-order valence-electron chi connectivity index (χ0n) is 14.0. The molecule has 1 aliphatic heterocycles. The second-order valence-electron chi connectivity index (χ2n) is 5.76. The summed E-state index contributed by atoms with van der Waals surface area (Å²) in [5.74, 6) is 1.31. The van der Waals surface area contributed by atoms with Crippen LogP contribution in [0.4, 0.5) is 11.4 Å². The number of benzene rings is 2. The molecule has 0 saturated heterocycles. The first-order valence-corrected chi connectivity index (χ1v) is 10.2. The lowest BCUT2D eigenvalue weighted by Crippen LogP contribution is -2.31. The zero-order chi connectivity index (χ0) is 16.8. The molecule has 0 saturated carbocycles. The van der Waals surface area contributed by atoms with Crippen LogP contribution in [0.1, 0.15) is 6.42 Å². The van der Waals surface area contributed by atoms with Gasteiger partial charge >= 0.3 is 0 Å². The molecule has 0 aromatic heterocycles. The largest absolute Gasteiger partial charge is 0.340 e. The Balaban J connectivity index is 0.00000225. The molecular formula is C19H23Cl3N2S. The minimum atomic E-state index is 0. The van der Waals surface area contributed by atoms with Gasteiger partial charge in [0, 0.05) is 41.2 Å². The SMILES string of the molecule is Cl.ClCCN(CCCl)CCCN1c2ccccc2Sc2ccccc21. The Labute approximate surface area is 170 Å². The molecule has 0 bridgehead atoms. The van der Waals surface area contributed by atoms with Crippen molar-refractivity contribution in [1.29, 1.82) is 0 Å². The number of para-hydroxylation sites is 2.